The first-order valence-corrected chi connectivity index (χ1v) is 10.8. The van der Waals surface area contributed by atoms with Gasteiger partial charge in [0.1, 0.15) is 10.1 Å². The molecule has 2 heterocycles. The molecule has 5 nitrogen and oxygen atoms in total. The molecule has 0 N–H and O–H groups in total. The molecule has 4 aromatic rings. The zero-order valence-corrected chi connectivity index (χ0v) is 17.5. The number of thiophene rings is 1. The van der Waals surface area contributed by atoms with Crippen LogP contribution >= 0.6 is 23.1 Å². The van der Waals surface area contributed by atoms with Crippen LogP contribution in [0.1, 0.15) is 6.92 Å². The molecular formula is C22H18N2O3S2. The van der Waals surface area contributed by atoms with Crippen molar-refractivity contribution in [3.8, 4) is 16.8 Å². The van der Waals surface area contributed by atoms with E-state index < -0.39 is 5.25 Å². The Morgan fingerprint density at radius 1 is 1.10 bits per heavy atom. The van der Waals surface area contributed by atoms with Gasteiger partial charge in [-0.05, 0) is 24.6 Å². The van der Waals surface area contributed by atoms with Crippen LogP contribution in [0.3, 0.4) is 0 Å². The third kappa shape index (κ3) is 3.71. The number of hydrogen-bond acceptors (Lipinski definition) is 6. The van der Waals surface area contributed by atoms with E-state index in [2.05, 4.69) is 0 Å². The SMILES string of the molecule is COC(=O)C(C)Sc1nc2scc(-c3ccccc3)c2c(=O)n1-c1ccccc1. The highest BCUT2D eigenvalue weighted by Crippen LogP contribution is 2.33. The van der Waals surface area contributed by atoms with Crippen LogP contribution in [0.4, 0.5) is 0 Å². The number of methoxy groups -OCH3 is 1. The summed E-state index contributed by atoms with van der Waals surface area (Å²) in [5.74, 6) is -0.361. The van der Waals surface area contributed by atoms with Crippen molar-refractivity contribution in [1.82, 2.24) is 9.55 Å². The van der Waals surface area contributed by atoms with Crippen LogP contribution in [-0.4, -0.2) is 27.9 Å². The lowest BCUT2D eigenvalue weighted by atomic mass is 10.1. The van der Waals surface area contributed by atoms with Crippen molar-refractivity contribution in [2.45, 2.75) is 17.3 Å². The van der Waals surface area contributed by atoms with Gasteiger partial charge in [0.05, 0.1) is 18.2 Å². The van der Waals surface area contributed by atoms with Crippen LogP contribution in [0, 0.1) is 0 Å². The van der Waals surface area contributed by atoms with Gasteiger partial charge in [0.2, 0.25) is 0 Å². The summed E-state index contributed by atoms with van der Waals surface area (Å²) in [6, 6.07) is 19.2. The lowest BCUT2D eigenvalue weighted by Crippen LogP contribution is -2.23. The number of esters is 1. The Morgan fingerprint density at radius 3 is 2.41 bits per heavy atom. The number of para-hydroxylation sites is 1. The first-order valence-electron chi connectivity index (χ1n) is 8.99. The van der Waals surface area contributed by atoms with E-state index >= 15 is 0 Å². The summed E-state index contributed by atoms with van der Waals surface area (Å²) < 4.78 is 6.41. The van der Waals surface area contributed by atoms with Crippen LogP contribution in [0.2, 0.25) is 0 Å². The Balaban J connectivity index is 1.96. The van der Waals surface area contributed by atoms with Crippen molar-refractivity contribution >= 4 is 39.3 Å². The van der Waals surface area contributed by atoms with Gasteiger partial charge in [0.25, 0.3) is 5.56 Å². The average Bonchev–Trinajstić information content (AvgIpc) is 3.19. The number of hydrogen-bond donors (Lipinski definition) is 0. The van der Waals surface area contributed by atoms with Crippen LogP contribution in [0.5, 0.6) is 0 Å². The first-order chi connectivity index (χ1) is 14.1. The molecule has 0 fully saturated rings. The molecule has 29 heavy (non-hydrogen) atoms. The molecule has 2 aromatic carbocycles. The Kier molecular flexibility index (Phi) is 5.51. The summed E-state index contributed by atoms with van der Waals surface area (Å²) in [6.07, 6.45) is 0. The molecule has 2 aromatic heterocycles. The van der Waals surface area contributed by atoms with Crippen LogP contribution in [0.15, 0.2) is 76.0 Å². The highest BCUT2D eigenvalue weighted by molar-refractivity contribution is 8.00. The predicted octanol–water partition coefficient (Wildman–Crippen LogP) is 4.77. The van der Waals surface area contributed by atoms with Gasteiger partial charge in [-0.3, -0.25) is 14.2 Å². The number of fused-ring (bicyclic) bond motifs is 1. The minimum absolute atomic E-state index is 0.152. The standard InChI is InChI=1S/C22H18N2O3S2/c1-14(21(26)27-2)29-22-23-19-18(17(13-28-19)15-9-5-3-6-10-15)20(25)24(22)16-11-7-4-8-12-16/h3-14H,1-2H3. The predicted molar refractivity (Wildman–Crippen MR) is 118 cm³/mol. The van der Waals surface area contributed by atoms with Crippen LogP contribution < -0.4 is 5.56 Å². The number of carbonyl (C=O) groups excluding carboxylic acids is 1. The Bertz CT molecular complexity index is 1220. The van der Waals surface area contributed by atoms with Crippen molar-refractivity contribution in [3.63, 3.8) is 0 Å². The topological polar surface area (TPSA) is 61.2 Å². The quantitative estimate of drug-likeness (QED) is 0.263. The molecule has 0 saturated carbocycles. The molecule has 1 atom stereocenters. The maximum Gasteiger partial charge on any atom is 0.318 e. The fourth-order valence-electron chi connectivity index (χ4n) is 3.06. The van der Waals surface area contributed by atoms with Gasteiger partial charge < -0.3 is 4.74 Å². The van der Waals surface area contributed by atoms with Gasteiger partial charge in [-0.25, -0.2) is 4.98 Å². The maximum atomic E-state index is 13.6. The van der Waals surface area contributed by atoms with E-state index in [4.69, 9.17) is 9.72 Å². The second-order valence-corrected chi connectivity index (χ2v) is 8.52. The van der Waals surface area contributed by atoms with E-state index in [9.17, 15) is 9.59 Å². The van der Waals surface area contributed by atoms with Crippen LogP contribution in [0.25, 0.3) is 27.0 Å². The highest BCUT2D eigenvalue weighted by atomic mass is 32.2. The largest absolute Gasteiger partial charge is 0.468 e. The number of rotatable bonds is 5. The zero-order chi connectivity index (χ0) is 20.4. The second-order valence-electron chi connectivity index (χ2n) is 6.35. The molecule has 0 radical (unpaired) electrons. The number of ether oxygens (including phenoxy) is 1. The third-order valence-electron chi connectivity index (χ3n) is 4.49. The summed E-state index contributed by atoms with van der Waals surface area (Å²) in [5, 5.41) is 2.52. The second kappa shape index (κ2) is 8.23. The molecule has 7 heteroatoms. The molecule has 0 aliphatic carbocycles. The van der Waals surface area contributed by atoms with E-state index in [1.54, 1.807) is 11.5 Å². The van der Waals surface area contributed by atoms with E-state index in [0.29, 0.717) is 21.1 Å². The summed E-state index contributed by atoms with van der Waals surface area (Å²) >= 11 is 2.64. The van der Waals surface area contributed by atoms with Gasteiger partial charge in [-0.2, -0.15) is 0 Å². The minimum atomic E-state index is -0.493. The summed E-state index contributed by atoms with van der Waals surface area (Å²) in [4.78, 5) is 31.0. The smallest absolute Gasteiger partial charge is 0.318 e. The molecular weight excluding hydrogens is 404 g/mol. The molecule has 0 aliphatic rings. The third-order valence-corrected chi connectivity index (χ3v) is 6.39. The van der Waals surface area contributed by atoms with Crippen molar-refractivity contribution in [3.05, 3.63) is 76.4 Å². The molecule has 0 saturated heterocycles. The minimum Gasteiger partial charge on any atom is -0.468 e. The van der Waals surface area contributed by atoms with Crippen LogP contribution in [-0.2, 0) is 9.53 Å². The molecule has 146 valence electrons. The molecule has 4 rings (SSSR count). The number of thioether (sulfide) groups is 1. The molecule has 0 aliphatic heterocycles. The number of benzene rings is 2. The van der Waals surface area contributed by atoms with Crippen molar-refractivity contribution in [2.24, 2.45) is 0 Å². The van der Waals surface area contributed by atoms with Gasteiger partial charge in [0.15, 0.2) is 5.16 Å². The summed E-state index contributed by atoms with van der Waals surface area (Å²) in [6.45, 7) is 1.74. The molecule has 0 spiro atoms. The highest BCUT2D eigenvalue weighted by Gasteiger charge is 2.22. The normalized spacial score (nSPS) is 12.1. The van der Waals surface area contributed by atoms with E-state index in [0.717, 1.165) is 11.1 Å². The van der Waals surface area contributed by atoms with Gasteiger partial charge in [-0.1, -0.05) is 60.3 Å². The summed E-state index contributed by atoms with van der Waals surface area (Å²) in [5.41, 5.74) is 2.39. The number of carbonyl (C=O) groups is 1. The van der Waals surface area contributed by atoms with Crippen molar-refractivity contribution in [2.75, 3.05) is 7.11 Å². The molecule has 0 bridgehead atoms. The van der Waals surface area contributed by atoms with Gasteiger partial charge in [0, 0.05) is 10.9 Å². The zero-order valence-electron chi connectivity index (χ0n) is 15.9. The summed E-state index contributed by atoms with van der Waals surface area (Å²) in [7, 11) is 1.35. The maximum absolute atomic E-state index is 13.6. The van der Waals surface area contributed by atoms with E-state index in [1.807, 2.05) is 66.0 Å². The van der Waals surface area contributed by atoms with E-state index in [-0.39, 0.29) is 11.5 Å². The monoisotopic (exact) mass is 422 g/mol. The van der Waals surface area contributed by atoms with Crippen molar-refractivity contribution in [1.29, 1.82) is 0 Å². The Morgan fingerprint density at radius 2 is 1.76 bits per heavy atom. The fraction of sp³-hybridized carbons (Fsp3) is 0.136. The van der Waals surface area contributed by atoms with E-state index in [1.165, 1.54) is 30.2 Å². The van der Waals surface area contributed by atoms with Gasteiger partial charge in [-0.15, -0.1) is 11.3 Å². The van der Waals surface area contributed by atoms with Crippen molar-refractivity contribution < 1.29 is 9.53 Å². The Labute approximate surface area is 176 Å². The fourth-order valence-corrected chi connectivity index (χ4v) is 5.00. The number of aromatic nitrogens is 2. The lowest BCUT2D eigenvalue weighted by Gasteiger charge is -2.15. The lowest BCUT2D eigenvalue weighted by molar-refractivity contribution is -0.139. The molecule has 0 amide bonds. The van der Waals surface area contributed by atoms with Gasteiger partial charge >= 0.3 is 5.97 Å². The molecule has 1 unspecified atom stereocenters. The number of nitrogens with zero attached hydrogens (tertiary/aromatic N) is 2. The average molecular weight is 423 g/mol. The Hall–Kier alpha value is -2.90. The first kappa shape index (κ1) is 19.4.